The van der Waals surface area contributed by atoms with Crippen LogP contribution >= 0.6 is 0 Å². The minimum Gasteiger partial charge on any atom is -0.496 e. The van der Waals surface area contributed by atoms with Gasteiger partial charge in [0.1, 0.15) is 5.75 Å². The fourth-order valence-corrected chi connectivity index (χ4v) is 2.50. The molecular formula is C15H20O. The van der Waals surface area contributed by atoms with Gasteiger partial charge < -0.3 is 4.74 Å². The molecule has 0 fully saturated rings. The van der Waals surface area contributed by atoms with Crippen molar-refractivity contribution < 1.29 is 4.74 Å². The Morgan fingerprint density at radius 2 is 2.00 bits per heavy atom. The maximum atomic E-state index is 5.47. The van der Waals surface area contributed by atoms with Gasteiger partial charge in [-0.3, -0.25) is 0 Å². The second-order valence-electron chi connectivity index (χ2n) is 5.24. The number of aryl methyl sites for hydroxylation is 1. The number of benzene rings is 1. The van der Waals surface area contributed by atoms with Gasteiger partial charge in [-0.05, 0) is 42.9 Å². The van der Waals surface area contributed by atoms with E-state index >= 15 is 0 Å². The highest BCUT2D eigenvalue weighted by Gasteiger charge is 2.29. The van der Waals surface area contributed by atoms with Crippen LogP contribution in [0.25, 0.3) is 5.57 Å². The van der Waals surface area contributed by atoms with Gasteiger partial charge in [-0.1, -0.05) is 31.6 Å². The lowest BCUT2D eigenvalue weighted by Gasteiger charge is -2.24. The SMILES string of the molecule is COc1ccc(C)cc1C1=CCCC1(C)C. The highest BCUT2D eigenvalue weighted by molar-refractivity contribution is 5.76. The highest BCUT2D eigenvalue weighted by atomic mass is 16.5. The van der Waals surface area contributed by atoms with Gasteiger partial charge in [-0.15, -0.1) is 0 Å². The van der Waals surface area contributed by atoms with E-state index in [0.29, 0.717) is 0 Å². The number of methoxy groups -OCH3 is 1. The Morgan fingerprint density at radius 1 is 1.25 bits per heavy atom. The largest absolute Gasteiger partial charge is 0.496 e. The lowest BCUT2D eigenvalue weighted by Crippen LogP contribution is -2.09. The van der Waals surface area contributed by atoms with Gasteiger partial charge in [0.15, 0.2) is 0 Å². The van der Waals surface area contributed by atoms with E-state index in [0.717, 1.165) is 5.75 Å². The summed E-state index contributed by atoms with van der Waals surface area (Å²) < 4.78 is 5.47. The maximum Gasteiger partial charge on any atom is 0.126 e. The molecule has 1 aliphatic carbocycles. The fraction of sp³-hybridized carbons (Fsp3) is 0.467. The van der Waals surface area contributed by atoms with E-state index in [9.17, 15) is 0 Å². The van der Waals surface area contributed by atoms with Gasteiger partial charge >= 0.3 is 0 Å². The van der Waals surface area contributed by atoms with Crippen LogP contribution in [-0.2, 0) is 0 Å². The molecule has 0 heterocycles. The second kappa shape index (κ2) is 3.97. The summed E-state index contributed by atoms with van der Waals surface area (Å²) >= 11 is 0. The van der Waals surface area contributed by atoms with Gasteiger partial charge in [0, 0.05) is 5.56 Å². The van der Waals surface area contributed by atoms with E-state index in [-0.39, 0.29) is 5.41 Å². The van der Waals surface area contributed by atoms with Gasteiger partial charge in [-0.25, -0.2) is 0 Å². The normalized spacial score (nSPS) is 18.4. The smallest absolute Gasteiger partial charge is 0.126 e. The van der Waals surface area contributed by atoms with Gasteiger partial charge in [0.2, 0.25) is 0 Å². The minimum absolute atomic E-state index is 0.279. The van der Waals surface area contributed by atoms with Gasteiger partial charge in [-0.2, -0.15) is 0 Å². The summed E-state index contributed by atoms with van der Waals surface area (Å²) in [6, 6.07) is 6.41. The predicted molar refractivity (Wildman–Crippen MR) is 68.7 cm³/mol. The van der Waals surface area contributed by atoms with E-state index in [1.807, 2.05) is 0 Å². The van der Waals surface area contributed by atoms with Crippen molar-refractivity contribution in [2.24, 2.45) is 5.41 Å². The molecule has 0 radical (unpaired) electrons. The molecule has 1 nitrogen and oxygen atoms in total. The molecule has 86 valence electrons. The van der Waals surface area contributed by atoms with Crippen molar-refractivity contribution in [2.75, 3.05) is 7.11 Å². The Morgan fingerprint density at radius 3 is 2.56 bits per heavy atom. The van der Waals surface area contributed by atoms with Crippen LogP contribution in [0.4, 0.5) is 0 Å². The lowest BCUT2D eigenvalue weighted by molar-refractivity contribution is 0.410. The second-order valence-corrected chi connectivity index (χ2v) is 5.24. The van der Waals surface area contributed by atoms with E-state index in [1.54, 1.807) is 7.11 Å². The molecule has 0 saturated heterocycles. The molecule has 0 aromatic heterocycles. The van der Waals surface area contributed by atoms with Crippen LogP contribution in [0, 0.1) is 12.3 Å². The average molecular weight is 216 g/mol. The predicted octanol–water partition coefficient (Wildman–Crippen LogP) is 4.21. The Kier molecular flexibility index (Phi) is 2.79. The minimum atomic E-state index is 0.279. The monoisotopic (exact) mass is 216 g/mol. The molecule has 0 aliphatic heterocycles. The van der Waals surface area contributed by atoms with Crippen LogP contribution in [0.3, 0.4) is 0 Å². The standard InChI is InChI=1S/C15H20O/c1-11-7-8-14(16-4)12(10-11)13-6-5-9-15(13,2)3/h6-8,10H,5,9H2,1-4H3. The molecule has 0 saturated carbocycles. The number of hydrogen-bond donors (Lipinski definition) is 0. The van der Waals surface area contributed by atoms with Crippen LogP contribution in [0.2, 0.25) is 0 Å². The molecule has 16 heavy (non-hydrogen) atoms. The first-order valence-electron chi connectivity index (χ1n) is 5.90. The topological polar surface area (TPSA) is 9.23 Å². The molecule has 2 rings (SSSR count). The molecule has 1 aromatic rings. The maximum absolute atomic E-state index is 5.47. The van der Waals surface area contributed by atoms with Crippen molar-refractivity contribution >= 4 is 5.57 Å². The number of hydrogen-bond acceptors (Lipinski definition) is 1. The van der Waals surface area contributed by atoms with E-state index in [2.05, 4.69) is 45.0 Å². The van der Waals surface area contributed by atoms with Crippen LogP contribution in [0.1, 0.15) is 37.8 Å². The summed E-state index contributed by atoms with van der Waals surface area (Å²) in [5, 5.41) is 0. The first-order chi connectivity index (χ1) is 7.54. The number of ether oxygens (including phenoxy) is 1. The highest BCUT2D eigenvalue weighted by Crippen LogP contribution is 2.46. The van der Waals surface area contributed by atoms with E-state index in [1.165, 1.54) is 29.5 Å². The molecule has 0 N–H and O–H groups in total. The zero-order valence-corrected chi connectivity index (χ0v) is 10.6. The van der Waals surface area contributed by atoms with Gasteiger partial charge in [0.05, 0.1) is 7.11 Å². The third-order valence-corrected chi connectivity index (χ3v) is 3.49. The Balaban J connectivity index is 2.51. The van der Waals surface area contributed by atoms with Crippen LogP contribution in [0.5, 0.6) is 5.75 Å². The number of allylic oxidation sites excluding steroid dienone is 2. The Hall–Kier alpha value is -1.24. The van der Waals surface area contributed by atoms with Crippen molar-refractivity contribution in [3.05, 3.63) is 35.4 Å². The van der Waals surface area contributed by atoms with Crippen molar-refractivity contribution in [2.45, 2.75) is 33.6 Å². The summed E-state index contributed by atoms with van der Waals surface area (Å²) in [4.78, 5) is 0. The summed E-state index contributed by atoms with van der Waals surface area (Å²) in [5.41, 5.74) is 4.28. The average Bonchev–Trinajstić information content (AvgIpc) is 2.58. The van der Waals surface area contributed by atoms with Crippen molar-refractivity contribution in [1.82, 2.24) is 0 Å². The number of rotatable bonds is 2. The lowest BCUT2D eigenvalue weighted by atomic mass is 9.81. The zero-order valence-electron chi connectivity index (χ0n) is 10.6. The van der Waals surface area contributed by atoms with Crippen LogP contribution in [-0.4, -0.2) is 7.11 Å². The molecule has 1 heteroatoms. The van der Waals surface area contributed by atoms with Crippen molar-refractivity contribution in [1.29, 1.82) is 0 Å². The summed E-state index contributed by atoms with van der Waals surface area (Å²) in [5.74, 6) is 0.992. The molecule has 0 bridgehead atoms. The Labute approximate surface area is 98.1 Å². The van der Waals surface area contributed by atoms with E-state index in [4.69, 9.17) is 4.74 Å². The Bertz CT molecular complexity index is 427. The third-order valence-electron chi connectivity index (χ3n) is 3.49. The molecule has 1 aromatic carbocycles. The molecular weight excluding hydrogens is 196 g/mol. The first-order valence-corrected chi connectivity index (χ1v) is 5.90. The fourth-order valence-electron chi connectivity index (χ4n) is 2.50. The zero-order chi connectivity index (χ0) is 11.8. The molecule has 0 spiro atoms. The summed E-state index contributed by atoms with van der Waals surface area (Å²) in [6.07, 6.45) is 4.77. The summed E-state index contributed by atoms with van der Waals surface area (Å²) in [7, 11) is 1.75. The first kappa shape index (κ1) is 11.3. The molecule has 1 aliphatic rings. The quantitative estimate of drug-likeness (QED) is 0.719. The molecule has 0 unspecified atom stereocenters. The van der Waals surface area contributed by atoms with Crippen molar-refractivity contribution in [3.63, 3.8) is 0 Å². The molecule has 0 amide bonds. The molecule has 0 atom stereocenters. The van der Waals surface area contributed by atoms with Crippen LogP contribution < -0.4 is 4.74 Å². The van der Waals surface area contributed by atoms with Gasteiger partial charge in [0.25, 0.3) is 0 Å². The van der Waals surface area contributed by atoms with E-state index < -0.39 is 0 Å². The van der Waals surface area contributed by atoms with Crippen molar-refractivity contribution in [3.8, 4) is 5.75 Å². The van der Waals surface area contributed by atoms with Crippen LogP contribution in [0.15, 0.2) is 24.3 Å². The third kappa shape index (κ3) is 1.87. The summed E-state index contributed by atoms with van der Waals surface area (Å²) in [6.45, 7) is 6.76.